The van der Waals surface area contributed by atoms with E-state index in [4.69, 9.17) is 9.47 Å². The van der Waals surface area contributed by atoms with Crippen LogP contribution in [0.3, 0.4) is 0 Å². The molecule has 7 heteroatoms. The Morgan fingerprint density at radius 3 is 2.07 bits per heavy atom. The SMILES string of the molecule is CC(C)N(C(=O)[C@@H](C)OC(=O)c1cccc(NC(=O)OC(C)(C)C)c1)C(C)C. The molecule has 0 bridgehead atoms. The summed E-state index contributed by atoms with van der Waals surface area (Å²) >= 11 is 0. The molecule has 0 fully saturated rings. The Morgan fingerprint density at radius 2 is 1.57 bits per heavy atom. The molecule has 1 aromatic carbocycles. The maximum Gasteiger partial charge on any atom is 0.412 e. The predicted molar refractivity (Wildman–Crippen MR) is 108 cm³/mol. The molecule has 0 aliphatic rings. The van der Waals surface area contributed by atoms with Gasteiger partial charge in [0.05, 0.1) is 5.56 Å². The van der Waals surface area contributed by atoms with Crippen molar-refractivity contribution >= 4 is 23.7 Å². The van der Waals surface area contributed by atoms with Crippen LogP contribution < -0.4 is 5.32 Å². The van der Waals surface area contributed by atoms with Crippen LogP contribution in [0.5, 0.6) is 0 Å². The molecule has 0 radical (unpaired) electrons. The highest BCUT2D eigenvalue weighted by Gasteiger charge is 2.28. The van der Waals surface area contributed by atoms with Crippen LogP contribution in [0.1, 0.15) is 65.7 Å². The van der Waals surface area contributed by atoms with Gasteiger partial charge in [-0.1, -0.05) is 6.07 Å². The molecular weight excluding hydrogens is 360 g/mol. The van der Waals surface area contributed by atoms with Gasteiger partial charge in [-0.2, -0.15) is 0 Å². The van der Waals surface area contributed by atoms with E-state index in [0.29, 0.717) is 5.69 Å². The van der Waals surface area contributed by atoms with Crippen molar-refractivity contribution in [3.63, 3.8) is 0 Å². The Hall–Kier alpha value is -2.57. The van der Waals surface area contributed by atoms with Gasteiger partial charge in [-0.25, -0.2) is 9.59 Å². The summed E-state index contributed by atoms with van der Waals surface area (Å²) in [7, 11) is 0. The molecule has 0 aliphatic heterocycles. The summed E-state index contributed by atoms with van der Waals surface area (Å²) in [6.45, 7) is 14.5. The fourth-order valence-electron chi connectivity index (χ4n) is 2.74. The van der Waals surface area contributed by atoms with Crippen LogP contribution in [0.25, 0.3) is 0 Å². The standard InChI is InChI=1S/C21H32N2O5/c1-13(2)23(14(3)4)18(24)15(5)27-19(25)16-10-9-11-17(12-16)22-20(26)28-21(6,7)8/h9-15H,1-8H3,(H,22,26)/t15-/m1/s1. The van der Waals surface area contributed by atoms with Gasteiger partial charge < -0.3 is 14.4 Å². The molecule has 0 spiro atoms. The number of amides is 2. The number of hydrogen-bond acceptors (Lipinski definition) is 5. The molecule has 1 atom stereocenters. The number of carbonyl (C=O) groups excluding carboxylic acids is 3. The normalized spacial score (nSPS) is 12.5. The number of nitrogens with zero attached hydrogens (tertiary/aromatic N) is 1. The number of hydrogen-bond donors (Lipinski definition) is 1. The van der Waals surface area contributed by atoms with Crippen molar-refractivity contribution in [2.75, 3.05) is 5.32 Å². The van der Waals surface area contributed by atoms with Gasteiger partial charge in [0, 0.05) is 17.8 Å². The van der Waals surface area contributed by atoms with E-state index in [-0.39, 0.29) is 23.6 Å². The van der Waals surface area contributed by atoms with Crippen LogP contribution in [0.4, 0.5) is 10.5 Å². The van der Waals surface area contributed by atoms with Crippen LogP contribution >= 0.6 is 0 Å². The minimum atomic E-state index is -0.917. The summed E-state index contributed by atoms with van der Waals surface area (Å²) < 4.78 is 10.5. The lowest BCUT2D eigenvalue weighted by Crippen LogP contribution is -2.47. The molecule has 28 heavy (non-hydrogen) atoms. The number of esters is 1. The van der Waals surface area contributed by atoms with Crippen molar-refractivity contribution in [1.82, 2.24) is 4.90 Å². The third-order valence-electron chi connectivity index (χ3n) is 3.74. The minimum absolute atomic E-state index is 0.00462. The summed E-state index contributed by atoms with van der Waals surface area (Å²) in [5.41, 5.74) is -0.00251. The quantitative estimate of drug-likeness (QED) is 0.733. The summed E-state index contributed by atoms with van der Waals surface area (Å²) in [6.07, 6.45) is -1.54. The largest absolute Gasteiger partial charge is 0.449 e. The predicted octanol–water partition coefficient (Wildman–Crippen LogP) is 4.22. The van der Waals surface area contributed by atoms with Gasteiger partial charge in [-0.15, -0.1) is 0 Å². The van der Waals surface area contributed by atoms with Crippen molar-refractivity contribution in [2.24, 2.45) is 0 Å². The van der Waals surface area contributed by atoms with Gasteiger partial charge >= 0.3 is 12.1 Å². The number of carbonyl (C=O) groups is 3. The molecule has 0 aromatic heterocycles. The Labute approximate surface area is 167 Å². The zero-order valence-electron chi connectivity index (χ0n) is 18.0. The zero-order valence-corrected chi connectivity index (χ0v) is 18.0. The van der Waals surface area contributed by atoms with Crippen molar-refractivity contribution in [2.45, 2.75) is 79.2 Å². The summed E-state index contributed by atoms with van der Waals surface area (Å²) in [4.78, 5) is 38.6. The zero-order chi connectivity index (χ0) is 21.6. The van der Waals surface area contributed by atoms with Crippen molar-refractivity contribution in [1.29, 1.82) is 0 Å². The third kappa shape index (κ3) is 7.21. The monoisotopic (exact) mass is 392 g/mol. The fourth-order valence-corrected chi connectivity index (χ4v) is 2.74. The van der Waals surface area contributed by atoms with E-state index in [1.54, 1.807) is 50.8 Å². The molecule has 7 nitrogen and oxygen atoms in total. The van der Waals surface area contributed by atoms with Crippen LogP contribution in [0, 0.1) is 0 Å². The van der Waals surface area contributed by atoms with E-state index in [2.05, 4.69) is 5.32 Å². The van der Waals surface area contributed by atoms with E-state index in [1.165, 1.54) is 6.07 Å². The molecule has 0 unspecified atom stereocenters. The van der Waals surface area contributed by atoms with Gasteiger partial charge in [0.1, 0.15) is 5.60 Å². The smallest absolute Gasteiger partial charge is 0.412 e. The summed E-state index contributed by atoms with van der Waals surface area (Å²) in [5, 5.41) is 2.57. The van der Waals surface area contributed by atoms with Gasteiger partial charge in [0.25, 0.3) is 5.91 Å². The number of benzene rings is 1. The first kappa shape index (κ1) is 23.5. The first-order chi connectivity index (χ1) is 12.8. The first-order valence-electron chi connectivity index (χ1n) is 9.45. The van der Waals surface area contributed by atoms with Gasteiger partial charge in [-0.3, -0.25) is 10.1 Å². The third-order valence-corrected chi connectivity index (χ3v) is 3.74. The molecule has 1 aromatic rings. The van der Waals surface area contributed by atoms with Crippen molar-refractivity contribution in [3.05, 3.63) is 29.8 Å². The highest BCUT2D eigenvalue weighted by molar-refractivity contribution is 5.94. The van der Waals surface area contributed by atoms with Crippen LogP contribution in [0.15, 0.2) is 24.3 Å². The maximum atomic E-state index is 12.6. The number of nitrogens with one attached hydrogen (secondary N) is 1. The number of ether oxygens (including phenoxy) is 2. The van der Waals surface area contributed by atoms with E-state index >= 15 is 0 Å². The van der Waals surface area contributed by atoms with Gasteiger partial charge in [-0.05, 0) is 73.6 Å². The molecule has 1 N–H and O–H groups in total. The first-order valence-corrected chi connectivity index (χ1v) is 9.45. The molecule has 2 amide bonds. The van der Waals surface area contributed by atoms with Crippen molar-refractivity contribution < 1.29 is 23.9 Å². The molecule has 0 heterocycles. The van der Waals surface area contributed by atoms with Crippen LogP contribution in [0.2, 0.25) is 0 Å². The minimum Gasteiger partial charge on any atom is -0.449 e. The second-order valence-electron chi connectivity index (χ2n) is 8.19. The molecule has 0 saturated carbocycles. The average Bonchev–Trinajstić information content (AvgIpc) is 2.52. The summed E-state index contributed by atoms with van der Waals surface area (Å²) in [6, 6.07) is 6.28. The number of rotatable bonds is 6. The Kier molecular flexibility index (Phi) is 8.02. The highest BCUT2D eigenvalue weighted by atomic mass is 16.6. The van der Waals surface area contributed by atoms with Crippen LogP contribution in [-0.2, 0) is 14.3 Å². The molecule has 0 saturated heterocycles. The lowest BCUT2D eigenvalue weighted by molar-refractivity contribution is -0.143. The fraction of sp³-hybridized carbons (Fsp3) is 0.571. The second-order valence-corrected chi connectivity index (χ2v) is 8.19. The molecule has 156 valence electrons. The van der Waals surface area contributed by atoms with E-state index < -0.39 is 23.8 Å². The lowest BCUT2D eigenvalue weighted by Gasteiger charge is -2.32. The van der Waals surface area contributed by atoms with Crippen LogP contribution in [-0.4, -0.2) is 46.7 Å². The highest BCUT2D eigenvalue weighted by Crippen LogP contribution is 2.16. The number of anilines is 1. The Morgan fingerprint density at radius 1 is 1.00 bits per heavy atom. The Balaban J connectivity index is 2.82. The van der Waals surface area contributed by atoms with Crippen molar-refractivity contribution in [3.8, 4) is 0 Å². The Bertz CT molecular complexity index is 699. The maximum absolute atomic E-state index is 12.6. The average molecular weight is 392 g/mol. The van der Waals surface area contributed by atoms with E-state index in [0.717, 1.165) is 0 Å². The van der Waals surface area contributed by atoms with Gasteiger partial charge in [0.15, 0.2) is 6.10 Å². The lowest BCUT2D eigenvalue weighted by atomic mass is 10.2. The molecule has 1 rings (SSSR count). The van der Waals surface area contributed by atoms with E-state index in [9.17, 15) is 14.4 Å². The summed E-state index contributed by atoms with van der Waals surface area (Å²) in [5.74, 6) is -0.887. The second kappa shape index (κ2) is 9.57. The van der Waals surface area contributed by atoms with Gasteiger partial charge in [0.2, 0.25) is 0 Å². The topological polar surface area (TPSA) is 84.9 Å². The molecular formula is C21H32N2O5. The van der Waals surface area contributed by atoms with E-state index in [1.807, 2.05) is 27.7 Å². The molecule has 0 aliphatic carbocycles.